The second-order valence-corrected chi connectivity index (χ2v) is 7.66. The van der Waals surface area contributed by atoms with Gasteiger partial charge in [-0.05, 0) is 39.5 Å². The molecule has 19 heavy (non-hydrogen) atoms. The zero-order chi connectivity index (χ0) is 14.3. The normalized spacial score (nSPS) is 17.7. The molecule has 0 saturated heterocycles. The van der Waals surface area contributed by atoms with E-state index in [1.807, 2.05) is 0 Å². The molecule has 0 bridgehead atoms. The van der Waals surface area contributed by atoms with Gasteiger partial charge in [0, 0.05) is 0 Å². The molecule has 0 fully saturated rings. The molecule has 102 valence electrons. The summed E-state index contributed by atoms with van der Waals surface area (Å²) in [7, 11) is 0. The van der Waals surface area contributed by atoms with Gasteiger partial charge in [-0.15, -0.1) is 0 Å². The van der Waals surface area contributed by atoms with Crippen LogP contribution in [0, 0.1) is 5.41 Å². The third-order valence-corrected chi connectivity index (χ3v) is 3.47. The van der Waals surface area contributed by atoms with E-state index in [4.69, 9.17) is 0 Å². The Morgan fingerprint density at radius 2 is 1.68 bits per heavy atom. The molecule has 0 nitrogen and oxygen atoms in total. The molecule has 0 heterocycles. The maximum atomic E-state index is 2.44. The van der Waals surface area contributed by atoms with E-state index in [1.165, 1.54) is 22.3 Å². The van der Waals surface area contributed by atoms with Crippen LogP contribution in [0.15, 0.2) is 30.4 Å². The molecule has 0 aliphatic heterocycles. The molecule has 0 spiro atoms. The molecule has 0 unspecified atom stereocenters. The van der Waals surface area contributed by atoms with Crippen molar-refractivity contribution in [2.24, 2.45) is 5.41 Å². The van der Waals surface area contributed by atoms with Crippen molar-refractivity contribution in [3.8, 4) is 0 Å². The van der Waals surface area contributed by atoms with Crippen LogP contribution in [-0.4, -0.2) is 0 Å². The number of allylic oxidation sites excluding steroid dienone is 3. The highest BCUT2D eigenvalue weighted by atomic mass is 14.3. The summed E-state index contributed by atoms with van der Waals surface area (Å²) in [5, 5.41) is 0. The van der Waals surface area contributed by atoms with Crippen molar-refractivity contribution in [1.29, 1.82) is 0 Å². The Balaban J connectivity index is 2.66. The van der Waals surface area contributed by atoms with Crippen molar-refractivity contribution in [1.82, 2.24) is 0 Å². The molecule has 0 atom stereocenters. The van der Waals surface area contributed by atoms with Crippen LogP contribution in [0.1, 0.15) is 64.7 Å². The first-order valence-electron chi connectivity index (χ1n) is 7.21. The quantitative estimate of drug-likeness (QED) is 0.546. The van der Waals surface area contributed by atoms with Gasteiger partial charge in [-0.25, -0.2) is 0 Å². The monoisotopic (exact) mass is 254 g/mol. The van der Waals surface area contributed by atoms with Crippen LogP contribution < -0.4 is 0 Å². The Kier molecular flexibility index (Phi) is 3.47. The second kappa shape index (κ2) is 4.67. The predicted octanol–water partition coefficient (Wildman–Crippen LogP) is 5.83. The zero-order valence-electron chi connectivity index (χ0n) is 13.2. The van der Waals surface area contributed by atoms with Gasteiger partial charge in [0.15, 0.2) is 0 Å². The highest BCUT2D eigenvalue weighted by Crippen LogP contribution is 2.39. The Bertz CT molecular complexity index is 528. The van der Waals surface area contributed by atoms with E-state index in [2.05, 4.69) is 78.0 Å². The smallest absolute Gasteiger partial charge is 0.00908 e. The van der Waals surface area contributed by atoms with Gasteiger partial charge in [-0.2, -0.15) is 0 Å². The molecule has 0 aromatic heterocycles. The zero-order valence-corrected chi connectivity index (χ0v) is 13.2. The topological polar surface area (TPSA) is 0 Å². The molecule has 0 amide bonds. The van der Waals surface area contributed by atoms with E-state index in [1.54, 1.807) is 0 Å². The molecule has 1 aromatic rings. The van der Waals surface area contributed by atoms with E-state index in [0.717, 1.165) is 6.42 Å². The fraction of sp³-hybridized carbons (Fsp3) is 0.474. The van der Waals surface area contributed by atoms with E-state index < -0.39 is 0 Å². The van der Waals surface area contributed by atoms with Gasteiger partial charge in [0.05, 0.1) is 0 Å². The Morgan fingerprint density at radius 3 is 2.26 bits per heavy atom. The third-order valence-electron chi connectivity index (χ3n) is 3.47. The first-order valence-corrected chi connectivity index (χ1v) is 7.21. The van der Waals surface area contributed by atoms with Crippen molar-refractivity contribution in [3.05, 3.63) is 47.0 Å². The van der Waals surface area contributed by atoms with E-state index in [0.29, 0.717) is 0 Å². The largest absolute Gasteiger partial charge is 0.0795 e. The average Bonchev–Trinajstić information content (AvgIpc) is 2.25. The molecule has 1 aliphatic rings. The highest BCUT2D eigenvalue weighted by Gasteiger charge is 2.23. The number of benzene rings is 1. The van der Waals surface area contributed by atoms with Crippen LogP contribution in [0.25, 0.3) is 11.6 Å². The van der Waals surface area contributed by atoms with E-state index in [9.17, 15) is 0 Å². The summed E-state index contributed by atoms with van der Waals surface area (Å²) >= 11 is 0. The van der Waals surface area contributed by atoms with Crippen LogP contribution in [0.3, 0.4) is 0 Å². The van der Waals surface area contributed by atoms with Crippen molar-refractivity contribution in [2.45, 2.75) is 53.4 Å². The minimum atomic E-state index is 0.188. The lowest BCUT2D eigenvalue weighted by Crippen LogP contribution is -2.16. The van der Waals surface area contributed by atoms with Gasteiger partial charge in [0.2, 0.25) is 0 Å². The summed E-state index contributed by atoms with van der Waals surface area (Å²) in [5.74, 6) is 0. The molecule has 0 N–H and O–H groups in total. The molecule has 1 aromatic carbocycles. The molecule has 0 heteroatoms. The third kappa shape index (κ3) is 3.18. The summed E-state index contributed by atoms with van der Waals surface area (Å²) in [5.41, 5.74) is 6.19. The van der Waals surface area contributed by atoms with Crippen LogP contribution in [0.2, 0.25) is 0 Å². The van der Waals surface area contributed by atoms with Gasteiger partial charge in [0.25, 0.3) is 0 Å². The maximum absolute atomic E-state index is 2.44. The molecule has 0 radical (unpaired) electrons. The van der Waals surface area contributed by atoms with Gasteiger partial charge in [-0.1, -0.05) is 78.0 Å². The van der Waals surface area contributed by atoms with Crippen LogP contribution >= 0.6 is 0 Å². The first kappa shape index (κ1) is 14.1. The SMILES string of the molecule is CC(C)(C)/C=C1/CC=Cc2cccc(C(C)(C)C)c21. The lowest BCUT2D eigenvalue weighted by molar-refractivity contribution is 0.544. The van der Waals surface area contributed by atoms with Gasteiger partial charge < -0.3 is 0 Å². The molecular weight excluding hydrogens is 228 g/mol. The maximum Gasteiger partial charge on any atom is -0.00908 e. The fourth-order valence-electron chi connectivity index (χ4n) is 2.76. The van der Waals surface area contributed by atoms with Crippen molar-refractivity contribution >= 4 is 11.6 Å². The molecule has 2 rings (SSSR count). The fourth-order valence-corrected chi connectivity index (χ4v) is 2.76. The van der Waals surface area contributed by atoms with Crippen LogP contribution in [-0.2, 0) is 5.41 Å². The van der Waals surface area contributed by atoms with E-state index >= 15 is 0 Å². The lowest BCUT2D eigenvalue weighted by atomic mass is 9.76. The van der Waals surface area contributed by atoms with Crippen molar-refractivity contribution < 1.29 is 0 Å². The Labute approximate surface area is 118 Å². The van der Waals surface area contributed by atoms with E-state index in [-0.39, 0.29) is 10.8 Å². The van der Waals surface area contributed by atoms with Gasteiger partial charge >= 0.3 is 0 Å². The molecule has 1 aliphatic carbocycles. The van der Waals surface area contributed by atoms with Crippen molar-refractivity contribution in [2.75, 3.05) is 0 Å². The lowest BCUT2D eigenvalue weighted by Gasteiger charge is -2.28. The molecule has 0 saturated carbocycles. The minimum Gasteiger partial charge on any atom is -0.0795 e. The second-order valence-electron chi connectivity index (χ2n) is 7.66. The van der Waals surface area contributed by atoms with Crippen LogP contribution in [0.4, 0.5) is 0 Å². The Hall–Kier alpha value is -1.30. The summed E-state index contributed by atoms with van der Waals surface area (Å²) in [6, 6.07) is 6.70. The summed E-state index contributed by atoms with van der Waals surface area (Å²) in [6.45, 7) is 13.7. The molecular formula is C19H26. The highest BCUT2D eigenvalue weighted by molar-refractivity contribution is 5.82. The van der Waals surface area contributed by atoms with Crippen molar-refractivity contribution in [3.63, 3.8) is 0 Å². The summed E-state index contributed by atoms with van der Waals surface area (Å²) < 4.78 is 0. The Morgan fingerprint density at radius 1 is 1.00 bits per heavy atom. The number of fused-ring (bicyclic) bond motifs is 1. The average molecular weight is 254 g/mol. The summed E-state index contributed by atoms with van der Waals surface area (Å²) in [4.78, 5) is 0. The standard InChI is InChI=1S/C19H26/c1-18(2,3)13-15-11-7-9-14-10-8-12-16(17(14)15)19(4,5)6/h7-10,12-13H,11H2,1-6H3/b15-13-. The minimum absolute atomic E-state index is 0.188. The van der Waals surface area contributed by atoms with Gasteiger partial charge in [0.1, 0.15) is 0 Å². The first-order chi connectivity index (χ1) is 8.68. The predicted molar refractivity (Wildman–Crippen MR) is 86.2 cm³/mol. The van der Waals surface area contributed by atoms with Gasteiger partial charge in [-0.3, -0.25) is 0 Å². The van der Waals surface area contributed by atoms with Crippen LogP contribution in [0.5, 0.6) is 0 Å². The number of hydrogen-bond donors (Lipinski definition) is 0. The summed E-state index contributed by atoms with van der Waals surface area (Å²) in [6.07, 6.45) is 8.04. The number of hydrogen-bond acceptors (Lipinski definition) is 0. The number of rotatable bonds is 0.